The first-order valence-electron chi connectivity index (χ1n) is 5.98. The molecule has 1 heterocycles. The van der Waals surface area contributed by atoms with Crippen LogP contribution in [0.1, 0.15) is 6.42 Å². The second kappa shape index (κ2) is 5.04. The van der Waals surface area contributed by atoms with Crippen LogP contribution in [0.5, 0.6) is 11.5 Å². The molecule has 0 aromatic heterocycles. The van der Waals surface area contributed by atoms with Crippen LogP contribution in [0.3, 0.4) is 0 Å². The molecule has 0 spiro atoms. The average Bonchev–Trinajstić information content (AvgIpc) is 2.81. The molecule has 0 radical (unpaired) electrons. The van der Waals surface area contributed by atoms with Crippen LogP contribution in [0.25, 0.3) is 0 Å². The fourth-order valence-electron chi connectivity index (χ4n) is 2.28. The van der Waals surface area contributed by atoms with Crippen LogP contribution in [0.4, 0.5) is 5.69 Å². The summed E-state index contributed by atoms with van der Waals surface area (Å²) in [6.07, 6.45) is 0.776. The number of hydrogen-bond acceptors (Lipinski definition) is 5. The summed E-state index contributed by atoms with van der Waals surface area (Å²) in [7, 11) is 3.26. The Hall–Kier alpha value is -1.46. The van der Waals surface area contributed by atoms with Gasteiger partial charge in [0.25, 0.3) is 0 Å². The van der Waals surface area contributed by atoms with Gasteiger partial charge in [-0.2, -0.15) is 0 Å². The van der Waals surface area contributed by atoms with E-state index >= 15 is 0 Å². The summed E-state index contributed by atoms with van der Waals surface area (Å²) in [5.74, 6) is 1.52. The summed E-state index contributed by atoms with van der Waals surface area (Å²) < 4.78 is 10.6. The molecule has 1 unspecified atom stereocenters. The van der Waals surface area contributed by atoms with Crippen molar-refractivity contribution in [1.29, 1.82) is 0 Å². The molecule has 0 bridgehead atoms. The van der Waals surface area contributed by atoms with Crippen LogP contribution in [0.15, 0.2) is 18.2 Å². The van der Waals surface area contributed by atoms with E-state index in [4.69, 9.17) is 15.2 Å². The number of methoxy groups -OCH3 is 2. The second-order valence-electron chi connectivity index (χ2n) is 4.73. The highest BCUT2D eigenvalue weighted by Gasteiger charge is 2.34. The van der Waals surface area contributed by atoms with Crippen molar-refractivity contribution in [2.24, 2.45) is 5.73 Å². The number of nitrogens with zero attached hydrogens (tertiary/aromatic N) is 1. The molecule has 1 aliphatic rings. The van der Waals surface area contributed by atoms with E-state index in [1.807, 2.05) is 18.2 Å². The molecule has 5 nitrogen and oxygen atoms in total. The number of rotatable bonds is 4. The zero-order valence-electron chi connectivity index (χ0n) is 10.8. The van der Waals surface area contributed by atoms with Crippen molar-refractivity contribution in [3.8, 4) is 11.5 Å². The first kappa shape index (κ1) is 13.0. The van der Waals surface area contributed by atoms with Gasteiger partial charge in [-0.3, -0.25) is 0 Å². The van der Waals surface area contributed by atoms with Gasteiger partial charge in [-0.1, -0.05) is 0 Å². The summed E-state index contributed by atoms with van der Waals surface area (Å²) in [4.78, 5) is 2.13. The lowest BCUT2D eigenvalue weighted by atomic mass is 10.0. The molecule has 2 rings (SSSR count). The van der Waals surface area contributed by atoms with Crippen LogP contribution in [-0.4, -0.2) is 44.6 Å². The molecule has 1 fully saturated rings. The van der Waals surface area contributed by atoms with E-state index in [9.17, 15) is 5.11 Å². The van der Waals surface area contributed by atoms with Gasteiger partial charge in [0.05, 0.1) is 32.1 Å². The van der Waals surface area contributed by atoms with Crippen LogP contribution in [-0.2, 0) is 0 Å². The molecule has 1 aromatic carbocycles. The highest BCUT2D eigenvalue weighted by molar-refractivity contribution is 5.62. The molecule has 1 saturated heterocycles. The van der Waals surface area contributed by atoms with Crippen molar-refractivity contribution in [2.75, 3.05) is 38.8 Å². The van der Waals surface area contributed by atoms with Crippen molar-refractivity contribution in [2.45, 2.75) is 12.0 Å². The summed E-state index contributed by atoms with van der Waals surface area (Å²) in [5, 5.41) is 9.30. The van der Waals surface area contributed by atoms with E-state index < -0.39 is 5.54 Å². The van der Waals surface area contributed by atoms with Crippen LogP contribution >= 0.6 is 0 Å². The molecule has 5 heteroatoms. The Morgan fingerprint density at radius 3 is 2.72 bits per heavy atom. The number of aliphatic hydroxyl groups is 1. The van der Waals surface area contributed by atoms with Gasteiger partial charge in [-0.25, -0.2) is 0 Å². The SMILES string of the molecule is COc1ccc(N2CCC(N)(CO)C2)c(OC)c1. The number of nitrogens with two attached hydrogens (primary N) is 1. The highest BCUT2D eigenvalue weighted by atomic mass is 16.5. The number of aliphatic hydroxyl groups excluding tert-OH is 1. The maximum atomic E-state index is 9.30. The maximum absolute atomic E-state index is 9.30. The van der Waals surface area contributed by atoms with E-state index in [1.54, 1.807) is 14.2 Å². The molecular weight excluding hydrogens is 232 g/mol. The number of benzene rings is 1. The summed E-state index contributed by atoms with van der Waals surface area (Å²) in [6.45, 7) is 1.45. The fraction of sp³-hybridized carbons (Fsp3) is 0.538. The molecule has 1 atom stereocenters. The Labute approximate surface area is 107 Å². The second-order valence-corrected chi connectivity index (χ2v) is 4.73. The van der Waals surface area contributed by atoms with Crippen molar-refractivity contribution in [3.63, 3.8) is 0 Å². The van der Waals surface area contributed by atoms with Gasteiger partial charge in [0.15, 0.2) is 0 Å². The number of ether oxygens (including phenoxy) is 2. The molecule has 18 heavy (non-hydrogen) atoms. The van der Waals surface area contributed by atoms with Crippen LogP contribution in [0.2, 0.25) is 0 Å². The predicted octanol–water partition coefficient (Wildman–Crippen LogP) is 0.604. The minimum absolute atomic E-state index is 0.00195. The minimum Gasteiger partial charge on any atom is -0.497 e. The largest absolute Gasteiger partial charge is 0.497 e. The number of hydrogen-bond donors (Lipinski definition) is 2. The van der Waals surface area contributed by atoms with E-state index in [0.717, 1.165) is 30.2 Å². The third-order valence-electron chi connectivity index (χ3n) is 3.43. The molecule has 0 aliphatic carbocycles. The van der Waals surface area contributed by atoms with Gasteiger partial charge >= 0.3 is 0 Å². The molecule has 1 aromatic rings. The molecule has 0 amide bonds. The van der Waals surface area contributed by atoms with Gasteiger partial charge in [-0.05, 0) is 18.6 Å². The summed E-state index contributed by atoms with van der Waals surface area (Å²) >= 11 is 0. The van der Waals surface area contributed by atoms with Gasteiger partial charge in [0.2, 0.25) is 0 Å². The lowest BCUT2D eigenvalue weighted by molar-refractivity contribution is 0.210. The zero-order chi connectivity index (χ0) is 13.2. The molecule has 0 saturated carbocycles. The zero-order valence-corrected chi connectivity index (χ0v) is 10.8. The number of anilines is 1. The van der Waals surface area contributed by atoms with Gasteiger partial charge < -0.3 is 25.2 Å². The third kappa shape index (κ3) is 2.37. The topological polar surface area (TPSA) is 68.0 Å². The Bertz CT molecular complexity index is 425. The molecule has 100 valence electrons. The van der Waals surface area contributed by atoms with Crippen molar-refractivity contribution >= 4 is 5.69 Å². The van der Waals surface area contributed by atoms with Crippen molar-refractivity contribution in [1.82, 2.24) is 0 Å². The van der Waals surface area contributed by atoms with Gasteiger partial charge in [0, 0.05) is 19.2 Å². The Balaban J connectivity index is 2.24. The standard InChI is InChI=1S/C13H20N2O3/c1-17-10-3-4-11(12(7-10)18-2)15-6-5-13(14,8-15)9-16/h3-4,7,16H,5-6,8-9,14H2,1-2H3. The molecule has 1 aliphatic heterocycles. The van der Waals surface area contributed by atoms with Crippen molar-refractivity contribution < 1.29 is 14.6 Å². The summed E-state index contributed by atoms with van der Waals surface area (Å²) in [5.41, 5.74) is 6.55. The minimum atomic E-state index is -0.509. The monoisotopic (exact) mass is 252 g/mol. The lowest BCUT2D eigenvalue weighted by Crippen LogP contribution is -2.46. The maximum Gasteiger partial charge on any atom is 0.145 e. The quantitative estimate of drug-likeness (QED) is 0.821. The van der Waals surface area contributed by atoms with E-state index in [0.29, 0.717) is 6.54 Å². The lowest BCUT2D eigenvalue weighted by Gasteiger charge is -2.24. The Kier molecular flexibility index (Phi) is 3.63. The summed E-state index contributed by atoms with van der Waals surface area (Å²) in [6, 6.07) is 5.71. The molecule has 3 N–H and O–H groups in total. The van der Waals surface area contributed by atoms with Crippen LogP contribution in [0, 0.1) is 0 Å². The highest BCUT2D eigenvalue weighted by Crippen LogP contribution is 2.35. The third-order valence-corrected chi connectivity index (χ3v) is 3.43. The van der Waals surface area contributed by atoms with Gasteiger partial charge in [0.1, 0.15) is 11.5 Å². The van der Waals surface area contributed by atoms with Crippen LogP contribution < -0.4 is 20.1 Å². The van der Waals surface area contributed by atoms with E-state index in [2.05, 4.69) is 4.90 Å². The first-order valence-corrected chi connectivity index (χ1v) is 5.98. The first-order chi connectivity index (χ1) is 8.61. The van der Waals surface area contributed by atoms with E-state index in [1.165, 1.54) is 0 Å². The Morgan fingerprint density at radius 2 is 2.17 bits per heavy atom. The Morgan fingerprint density at radius 1 is 1.39 bits per heavy atom. The van der Waals surface area contributed by atoms with Crippen molar-refractivity contribution in [3.05, 3.63) is 18.2 Å². The average molecular weight is 252 g/mol. The van der Waals surface area contributed by atoms with Gasteiger partial charge in [-0.15, -0.1) is 0 Å². The predicted molar refractivity (Wildman–Crippen MR) is 70.4 cm³/mol. The smallest absolute Gasteiger partial charge is 0.145 e. The van der Waals surface area contributed by atoms with E-state index in [-0.39, 0.29) is 6.61 Å². The molecular formula is C13H20N2O3. The fourth-order valence-corrected chi connectivity index (χ4v) is 2.28. The normalized spacial score (nSPS) is 23.2.